The molecular formula is C14H19N5O. The Morgan fingerprint density at radius 2 is 1.90 bits per heavy atom. The van der Waals surface area contributed by atoms with Gasteiger partial charge < -0.3 is 10.6 Å². The number of urea groups is 1. The van der Waals surface area contributed by atoms with Crippen LogP contribution in [0.1, 0.15) is 18.5 Å². The van der Waals surface area contributed by atoms with Crippen molar-refractivity contribution in [2.24, 2.45) is 7.05 Å². The third-order valence-electron chi connectivity index (χ3n) is 3.16. The molecule has 0 fully saturated rings. The molecule has 0 spiro atoms. The SMILES string of the molecule is CNC(C)c1ccc(NC(=O)Nc2ccnn2C)cc1. The van der Waals surface area contributed by atoms with Crippen LogP contribution in [0.3, 0.4) is 0 Å². The van der Waals surface area contributed by atoms with Crippen molar-refractivity contribution in [1.82, 2.24) is 15.1 Å². The number of anilines is 2. The van der Waals surface area contributed by atoms with E-state index in [1.807, 2.05) is 31.3 Å². The summed E-state index contributed by atoms with van der Waals surface area (Å²) in [6, 6.07) is 9.46. The molecule has 6 heteroatoms. The molecule has 0 saturated heterocycles. The normalized spacial score (nSPS) is 11.9. The lowest BCUT2D eigenvalue weighted by Gasteiger charge is -2.12. The van der Waals surface area contributed by atoms with Crippen molar-refractivity contribution in [3.63, 3.8) is 0 Å². The molecule has 0 bridgehead atoms. The summed E-state index contributed by atoms with van der Waals surface area (Å²) in [4.78, 5) is 11.8. The standard InChI is InChI=1S/C14H19N5O/c1-10(15-2)11-4-6-12(7-5-11)17-14(20)18-13-8-9-16-19(13)3/h4-10,15H,1-3H3,(H2,17,18,20). The van der Waals surface area contributed by atoms with Crippen molar-refractivity contribution in [1.29, 1.82) is 0 Å². The highest BCUT2D eigenvalue weighted by Crippen LogP contribution is 2.15. The number of nitrogens with one attached hydrogen (secondary N) is 3. The molecule has 0 radical (unpaired) electrons. The molecule has 1 aromatic carbocycles. The molecule has 1 atom stereocenters. The van der Waals surface area contributed by atoms with Crippen LogP contribution in [-0.2, 0) is 7.05 Å². The fraction of sp³-hybridized carbons (Fsp3) is 0.286. The molecule has 1 heterocycles. The molecule has 0 aliphatic heterocycles. The van der Waals surface area contributed by atoms with Crippen LogP contribution in [0.5, 0.6) is 0 Å². The number of nitrogens with zero attached hydrogens (tertiary/aromatic N) is 2. The highest BCUT2D eigenvalue weighted by Gasteiger charge is 2.06. The van der Waals surface area contributed by atoms with Gasteiger partial charge in [0, 0.05) is 24.8 Å². The zero-order valence-corrected chi connectivity index (χ0v) is 11.8. The van der Waals surface area contributed by atoms with Crippen LogP contribution >= 0.6 is 0 Å². The van der Waals surface area contributed by atoms with Gasteiger partial charge in [0.2, 0.25) is 0 Å². The third kappa shape index (κ3) is 3.36. The number of aryl methyl sites for hydroxylation is 1. The van der Waals surface area contributed by atoms with Crippen molar-refractivity contribution in [3.8, 4) is 0 Å². The van der Waals surface area contributed by atoms with Crippen LogP contribution in [-0.4, -0.2) is 22.9 Å². The van der Waals surface area contributed by atoms with E-state index in [9.17, 15) is 4.79 Å². The number of rotatable bonds is 4. The Balaban J connectivity index is 1.96. The van der Waals surface area contributed by atoms with Crippen molar-refractivity contribution < 1.29 is 4.79 Å². The first-order valence-corrected chi connectivity index (χ1v) is 6.43. The summed E-state index contributed by atoms with van der Waals surface area (Å²) in [5.41, 5.74) is 1.92. The van der Waals surface area contributed by atoms with Gasteiger partial charge in [-0.15, -0.1) is 0 Å². The summed E-state index contributed by atoms with van der Waals surface area (Å²) in [5, 5.41) is 12.7. The van der Waals surface area contributed by atoms with Gasteiger partial charge in [-0.05, 0) is 31.7 Å². The van der Waals surface area contributed by atoms with Crippen LogP contribution in [0.15, 0.2) is 36.5 Å². The average Bonchev–Trinajstić information content (AvgIpc) is 2.84. The maximum Gasteiger partial charge on any atom is 0.324 e. The lowest BCUT2D eigenvalue weighted by atomic mass is 10.1. The highest BCUT2D eigenvalue weighted by atomic mass is 16.2. The van der Waals surface area contributed by atoms with Gasteiger partial charge in [0.1, 0.15) is 5.82 Å². The lowest BCUT2D eigenvalue weighted by molar-refractivity contribution is 0.262. The van der Waals surface area contributed by atoms with Crippen LogP contribution in [0.2, 0.25) is 0 Å². The Kier molecular flexibility index (Phi) is 4.37. The van der Waals surface area contributed by atoms with Crippen molar-refractivity contribution >= 4 is 17.5 Å². The van der Waals surface area contributed by atoms with E-state index in [1.54, 1.807) is 24.0 Å². The molecule has 106 valence electrons. The quantitative estimate of drug-likeness (QED) is 0.800. The van der Waals surface area contributed by atoms with Crippen LogP contribution in [0.25, 0.3) is 0 Å². The van der Waals surface area contributed by atoms with Gasteiger partial charge in [-0.1, -0.05) is 12.1 Å². The van der Waals surface area contributed by atoms with Gasteiger partial charge in [-0.3, -0.25) is 10.00 Å². The summed E-state index contributed by atoms with van der Waals surface area (Å²) in [6.45, 7) is 2.08. The predicted octanol–water partition coefficient (Wildman–Crippen LogP) is 2.34. The van der Waals surface area contributed by atoms with Gasteiger partial charge in [-0.2, -0.15) is 5.10 Å². The molecule has 1 aromatic heterocycles. The van der Waals surface area contributed by atoms with Gasteiger partial charge in [-0.25, -0.2) is 4.79 Å². The number of hydrogen-bond donors (Lipinski definition) is 3. The van der Waals surface area contributed by atoms with Gasteiger partial charge in [0.15, 0.2) is 0 Å². The summed E-state index contributed by atoms with van der Waals surface area (Å²) in [7, 11) is 3.68. The first-order chi connectivity index (χ1) is 9.60. The van der Waals surface area contributed by atoms with Crippen LogP contribution in [0, 0.1) is 0 Å². The fourth-order valence-electron chi connectivity index (χ4n) is 1.80. The monoisotopic (exact) mass is 273 g/mol. The Labute approximate surface area is 118 Å². The minimum absolute atomic E-state index is 0.285. The van der Waals surface area contributed by atoms with Crippen LogP contribution in [0.4, 0.5) is 16.3 Å². The van der Waals surface area contributed by atoms with Gasteiger partial charge in [0.25, 0.3) is 0 Å². The Morgan fingerprint density at radius 1 is 1.20 bits per heavy atom. The molecule has 3 N–H and O–H groups in total. The lowest BCUT2D eigenvalue weighted by Crippen LogP contribution is -2.21. The largest absolute Gasteiger partial charge is 0.324 e. The zero-order valence-electron chi connectivity index (χ0n) is 11.8. The number of carbonyl (C=O) groups excluding carboxylic acids is 1. The van der Waals surface area contributed by atoms with E-state index in [4.69, 9.17) is 0 Å². The van der Waals surface area contributed by atoms with E-state index in [0.29, 0.717) is 5.82 Å². The van der Waals surface area contributed by atoms with E-state index >= 15 is 0 Å². The molecule has 0 saturated carbocycles. The van der Waals surface area contributed by atoms with E-state index in [1.165, 1.54) is 5.56 Å². The van der Waals surface area contributed by atoms with E-state index in [-0.39, 0.29) is 12.1 Å². The highest BCUT2D eigenvalue weighted by molar-refractivity contribution is 5.99. The number of amides is 2. The van der Waals surface area contributed by atoms with Crippen molar-refractivity contribution in [2.45, 2.75) is 13.0 Å². The zero-order chi connectivity index (χ0) is 14.5. The van der Waals surface area contributed by atoms with E-state index < -0.39 is 0 Å². The molecule has 0 aliphatic carbocycles. The molecule has 1 unspecified atom stereocenters. The minimum atomic E-state index is -0.289. The first-order valence-electron chi connectivity index (χ1n) is 6.43. The molecule has 6 nitrogen and oxygen atoms in total. The van der Waals surface area contributed by atoms with Gasteiger partial charge in [0.05, 0.1) is 6.20 Å². The fourth-order valence-corrected chi connectivity index (χ4v) is 1.80. The number of aromatic nitrogens is 2. The summed E-state index contributed by atoms with van der Waals surface area (Å²) in [5.74, 6) is 0.642. The van der Waals surface area contributed by atoms with E-state index in [2.05, 4.69) is 28.0 Å². The predicted molar refractivity (Wildman–Crippen MR) is 79.8 cm³/mol. The third-order valence-corrected chi connectivity index (χ3v) is 3.16. The average molecular weight is 273 g/mol. The topological polar surface area (TPSA) is 71.0 Å². The van der Waals surface area contributed by atoms with E-state index in [0.717, 1.165) is 5.69 Å². The Bertz CT molecular complexity index is 576. The van der Waals surface area contributed by atoms with Crippen LogP contribution < -0.4 is 16.0 Å². The smallest absolute Gasteiger partial charge is 0.313 e. The molecule has 20 heavy (non-hydrogen) atoms. The number of hydrogen-bond acceptors (Lipinski definition) is 3. The molecule has 2 rings (SSSR count). The second-order valence-electron chi connectivity index (χ2n) is 4.55. The Hall–Kier alpha value is -2.34. The van der Waals surface area contributed by atoms with Gasteiger partial charge >= 0.3 is 6.03 Å². The molecular weight excluding hydrogens is 254 g/mol. The summed E-state index contributed by atoms with van der Waals surface area (Å²) >= 11 is 0. The molecule has 0 aliphatic rings. The first kappa shape index (κ1) is 14.1. The molecule has 2 amide bonds. The minimum Gasteiger partial charge on any atom is -0.313 e. The van der Waals surface area contributed by atoms with Crippen molar-refractivity contribution in [3.05, 3.63) is 42.1 Å². The maximum absolute atomic E-state index is 11.8. The molecule has 2 aromatic rings. The summed E-state index contributed by atoms with van der Waals surface area (Å²) in [6.07, 6.45) is 1.63. The Morgan fingerprint density at radius 3 is 2.45 bits per heavy atom. The number of carbonyl (C=O) groups is 1. The second kappa shape index (κ2) is 6.21. The summed E-state index contributed by atoms with van der Waals surface area (Å²) < 4.78 is 1.59. The number of benzene rings is 1. The second-order valence-corrected chi connectivity index (χ2v) is 4.55. The maximum atomic E-state index is 11.8. The van der Waals surface area contributed by atoms with Crippen molar-refractivity contribution in [2.75, 3.05) is 17.7 Å².